The van der Waals surface area contributed by atoms with Crippen molar-refractivity contribution in [1.29, 1.82) is 0 Å². The lowest BCUT2D eigenvalue weighted by Gasteiger charge is -2.26. The van der Waals surface area contributed by atoms with Crippen LogP contribution in [0.3, 0.4) is 0 Å². The molecule has 0 aliphatic heterocycles. The van der Waals surface area contributed by atoms with Crippen LogP contribution in [-0.2, 0) is 40.0 Å². The van der Waals surface area contributed by atoms with E-state index in [0.29, 0.717) is 31.4 Å². The van der Waals surface area contributed by atoms with Gasteiger partial charge in [0.25, 0.3) is 0 Å². The number of nitrogens with one attached hydrogen (secondary N) is 5. The van der Waals surface area contributed by atoms with Gasteiger partial charge in [-0.05, 0) is 56.0 Å². The number of carboxylic acids is 2. The molecule has 1 aromatic carbocycles. The third-order valence-corrected chi connectivity index (χ3v) is 7.33. The molecule has 16 nitrogen and oxygen atoms in total. The van der Waals surface area contributed by atoms with Gasteiger partial charge in [-0.2, -0.15) is 0 Å². The van der Waals surface area contributed by atoms with E-state index in [1.165, 1.54) is 0 Å². The van der Waals surface area contributed by atoms with Crippen molar-refractivity contribution in [3.63, 3.8) is 0 Å². The second-order valence-corrected chi connectivity index (χ2v) is 12.8. The quantitative estimate of drug-likeness (QED) is 0.0653. The molecule has 0 aliphatic rings. The second-order valence-electron chi connectivity index (χ2n) is 12.8. The molecule has 0 spiro atoms. The van der Waals surface area contributed by atoms with E-state index in [2.05, 4.69) is 26.6 Å². The number of hydrogen-bond donors (Lipinski definition) is 9. The van der Waals surface area contributed by atoms with Crippen molar-refractivity contribution in [2.24, 2.45) is 23.3 Å². The minimum Gasteiger partial charge on any atom is -0.481 e. The van der Waals surface area contributed by atoms with Crippen LogP contribution in [0.4, 0.5) is 0 Å². The fourth-order valence-electron chi connectivity index (χ4n) is 4.87. The van der Waals surface area contributed by atoms with Crippen molar-refractivity contribution in [1.82, 2.24) is 26.6 Å². The molecule has 0 saturated carbocycles. The summed E-state index contributed by atoms with van der Waals surface area (Å²) in [6, 6.07) is 2.53. The van der Waals surface area contributed by atoms with Crippen molar-refractivity contribution in [3.8, 4) is 0 Å². The summed E-state index contributed by atoms with van der Waals surface area (Å²) >= 11 is 0. The summed E-state index contributed by atoms with van der Waals surface area (Å²) in [5, 5.41) is 31.4. The first kappa shape index (κ1) is 42.5. The van der Waals surface area contributed by atoms with Crippen LogP contribution in [0, 0.1) is 11.8 Å². The van der Waals surface area contributed by atoms with E-state index in [1.807, 2.05) is 27.7 Å². The molecule has 1 aromatic rings. The van der Waals surface area contributed by atoms with Gasteiger partial charge >= 0.3 is 11.9 Å². The summed E-state index contributed by atoms with van der Waals surface area (Å²) in [6.07, 6.45) is 0.630. The van der Waals surface area contributed by atoms with E-state index in [1.54, 1.807) is 30.3 Å². The predicted octanol–water partition coefficient (Wildman–Crippen LogP) is -0.608. The van der Waals surface area contributed by atoms with Gasteiger partial charge in [0, 0.05) is 6.42 Å². The summed E-state index contributed by atoms with van der Waals surface area (Å²) < 4.78 is 0. The summed E-state index contributed by atoms with van der Waals surface area (Å²) in [4.78, 5) is 88.5. The van der Waals surface area contributed by atoms with Crippen molar-refractivity contribution in [2.75, 3.05) is 13.1 Å². The molecule has 274 valence electrons. The van der Waals surface area contributed by atoms with Gasteiger partial charge in [0.05, 0.1) is 19.0 Å². The first-order valence-electron chi connectivity index (χ1n) is 16.5. The van der Waals surface area contributed by atoms with Crippen LogP contribution in [0.25, 0.3) is 0 Å². The van der Waals surface area contributed by atoms with Crippen LogP contribution < -0.4 is 38.1 Å². The Bertz CT molecular complexity index is 1260. The van der Waals surface area contributed by atoms with Gasteiger partial charge in [-0.3, -0.25) is 28.8 Å². The Hall–Kier alpha value is -4.57. The molecule has 0 bridgehead atoms. The molecule has 5 amide bonds. The van der Waals surface area contributed by atoms with Crippen LogP contribution in [0.2, 0.25) is 0 Å². The van der Waals surface area contributed by atoms with Crippen molar-refractivity contribution in [3.05, 3.63) is 35.9 Å². The number of amides is 5. The Morgan fingerprint density at radius 2 is 1.24 bits per heavy atom. The zero-order valence-electron chi connectivity index (χ0n) is 28.7. The van der Waals surface area contributed by atoms with Gasteiger partial charge in [-0.25, -0.2) is 4.79 Å². The molecule has 0 aliphatic carbocycles. The zero-order valence-corrected chi connectivity index (χ0v) is 28.7. The summed E-state index contributed by atoms with van der Waals surface area (Å²) in [7, 11) is 0. The molecule has 5 atom stereocenters. The summed E-state index contributed by atoms with van der Waals surface area (Å²) in [5.74, 6) is -6.57. The van der Waals surface area contributed by atoms with Crippen LogP contribution >= 0.6 is 0 Å². The molecule has 49 heavy (non-hydrogen) atoms. The standard InChI is InChI=1S/C33H53N7O9/c1-19(2)14-22(35)29(44)36-18-27(41)37-25(17-28(42)43)32(47)38-23(12-8-9-13-34)30(45)39-24(15-20(3)4)31(46)40-26(33(48)49)16-21-10-6-5-7-11-21/h5-7,10-11,19-20,22-26H,8-9,12-18,34-35H2,1-4H3,(H,36,44)(H,37,41)(H,38,47)(H,39,45)(H,40,46)(H,42,43)(H,48,49)/t22-,23-,24-,25-,26-/m0/s1. The van der Waals surface area contributed by atoms with Crippen LogP contribution in [-0.4, -0.2) is 95.0 Å². The molecule has 16 heteroatoms. The number of rotatable bonds is 23. The maximum atomic E-state index is 13.5. The summed E-state index contributed by atoms with van der Waals surface area (Å²) in [5.41, 5.74) is 12.1. The highest BCUT2D eigenvalue weighted by atomic mass is 16.4. The maximum Gasteiger partial charge on any atom is 0.326 e. The van der Waals surface area contributed by atoms with E-state index in [9.17, 15) is 43.8 Å². The Morgan fingerprint density at radius 1 is 0.694 bits per heavy atom. The first-order valence-corrected chi connectivity index (χ1v) is 16.5. The molecule has 0 fully saturated rings. The SMILES string of the molecule is CC(C)C[C@H](NC(=O)[C@H](CCCCN)NC(=O)[C@H](CC(=O)O)NC(=O)CNC(=O)[C@@H](N)CC(C)C)C(=O)N[C@@H](Cc1ccccc1)C(=O)O. The number of hydrogen-bond acceptors (Lipinski definition) is 9. The molecular formula is C33H53N7O9. The Labute approximate surface area is 286 Å². The van der Waals surface area contributed by atoms with E-state index < -0.39 is 84.6 Å². The van der Waals surface area contributed by atoms with Gasteiger partial charge in [-0.1, -0.05) is 58.0 Å². The lowest BCUT2D eigenvalue weighted by molar-refractivity contribution is -0.142. The fraction of sp³-hybridized carbons (Fsp3) is 0.606. The average molecular weight is 692 g/mol. The molecule has 0 unspecified atom stereocenters. The molecule has 0 aromatic heterocycles. The van der Waals surface area contributed by atoms with E-state index in [-0.39, 0.29) is 31.1 Å². The Morgan fingerprint density at radius 3 is 1.80 bits per heavy atom. The number of benzene rings is 1. The highest BCUT2D eigenvalue weighted by molar-refractivity contribution is 5.96. The van der Waals surface area contributed by atoms with Crippen LogP contribution in [0.15, 0.2) is 30.3 Å². The van der Waals surface area contributed by atoms with Crippen molar-refractivity contribution in [2.45, 2.75) is 103 Å². The number of carbonyl (C=O) groups is 7. The van der Waals surface area contributed by atoms with E-state index in [0.717, 1.165) is 0 Å². The third-order valence-electron chi connectivity index (χ3n) is 7.33. The molecule has 1 rings (SSSR count). The Balaban J connectivity index is 3.09. The van der Waals surface area contributed by atoms with Gasteiger partial charge in [0.2, 0.25) is 29.5 Å². The van der Waals surface area contributed by atoms with Gasteiger partial charge in [0.15, 0.2) is 0 Å². The number of nitrogens with two attached hydrogens (primary N) is 2. The number of unbranched alkanes of at least 4 members (excludes halogenated alkanes) is 1. The first-order chi connectivity index (χ1) is 23.0. The van der Waals surface area contributed by atoms with Crippen molar-refractivity contribution >= 4 is 41.5 Å². The van der Waals surface area contributed by atoms with Crippen molar-refractivity contribution < 1.29 is 43.8 Å². The zero-order chi connectivity index (χ0) is 37.1. The Kier molecular flexibility index (Phi) is 19.2. The second kappa shape index (κ2) is 22.1. The topological polar surface area (TPSA) is 272 Å². The predicted molar refractivity (Wildman–Crippen MR) is 181 cm³/mol. The number of carboxylic acid groups (broad SMARTS) is 2. The molecule has 0 heterocycles. The highest BCUT2D eigenvalue weighted by Gasteiger charge is 2.32. The smallest absolute Gasteiger partial charge is 0.326 e. The largest absolute Gasteiger partial charge is 0.481 e. The molecule has 0 saturated heterocycles. The molecule has 11 N–H and O–H groups in total. The molecular weight excluding hydrogens is 638 g/mol. The maximum absolute atomic E-state index is 13.5. The van der Waals surface area contributed by atoms with Gasteiger partial charge in [-0.15, -0.1) is 0 Å². The monoisotopic (exact) mass is 691 g/mol. The number of aliphatic carboxylic acids is 2. The number of carbonyl (C=O) groups excluding carboxylic acids is 5. The summed E-state index contributed by atoms with van der Waals surface area (Å²) in [6.45, 7) is 7.10. The van der Waals surface area contributed by atoms with Gasteiger partial charge < -0.3 is 48.3 Å². The van der Waals surface area contributed by atoms with E-state index in [4.69, 9.17) is 11.5 Å². The minimum atomic E-state index is -1.61. The fourth-order valence-corrected chi connectivity index (χ4v) is 4.87. The van der Waals surface area contributed by atoms with Gasteiger partial charge in [0.1, 0.15) is 24.2 Å². The van der Waals surface area contributed by atoms with E-state index >= 15 is 0 Å². The normalized spacial score (nSPS) is 14.1. The average Bonchev–Trinajstić information content (AvgIpc) is 3.01. The van der Waals surface area contributed by atoms with Crippen LogP contribution in [0.5, 0.6) is 0 Å². The highest BCUT2D eigenvalue weighted by Crippen LogP contribution is 2.10. The third kappa shape index (κ3) is 17.4. The lowest BCUT2D eigenvalue weighted by Crippen LogP contribution is -2.58. The minimum absolute atomic E-state index is 0.00709. The molecule has 0 radical (unpaired) electrons. The lowest BCUT2D eigenvalue weighted by atomic mass is 10.00. The van der Waals surface area contributed by atoms with Crippen LogP contribution in [0.1, 0.15) is 71.8 Å².